The lowest BCUT2D eigenvalue weighted by molar-refractivity contribution is -0.153. The van der Waals surface area contributed by atoms with E-state index in [0.29, 0.717) is 29.9 Å². The van der Waals surface area contributed by atoms with Crippen LogP contribution in [-0.2, 0) is 21.4 Å². The second-order valence-corrected chi connectivity index (χ2v) is 12.6. The van der Waals surface area contributed by atoms with Crippen LogP contribution in [-0.4, -0.2) is 48.4 Å². The second-order valence-electron chi connectivity index (χ2n) is 10.5. The predicted molar refractivity (Wildman–Crippen MR) is 126 cm³/mol. The van der Waals surface area contributed by atoms with Crippen molar-refractivity contribution >= 4 is 21.7 Å². The average Bonchev–Trinajstić information content (AvgIpc) is 3.30. The molecule has 34 heavy (non-hydrogen) atoms. The second kappa shape index (κ2) is 8.64. The van der Waals surface area contributed by atoms with Gasteiger partial charge in [-0.15, -0.1) is 0 Å². The van der Waals surface area contributed by atoms with Crippen LogP contribution < -0.4 is 0 Å². The van der Waals surface area contributed by atoms with Crippen molar-refractivity contribution in [3.8, 4) is 0 Å². The summed E-state index contributed by atoms with van der Waals surface area (Å²) >= 11 is 0. The molecular formula is C26H32N2O5S. The number of ketones is 1. The van der Waals surface area contributed by atoms with E-state index in [4.69, 9.17) is 4.42 Å². The SMILES string of the molecule is CC(=O)c1ccc(S(=O)(=O)N(C)CC(=O)N(Cc2ccco2)C23CC4CC(CC(C4)C2)C3)cc1. The number of Topliss-reactive ketones (excluding diaryl/α,β-unsaturated/α-hetero) is 1. The van der Waals surface area contributed by atoms with Gasteiger partial charge in [0.2, 0.25) is 15.9 Å². The number of carbonyl (C=O) groups is 2. The zero-order valence-corrected chi connectivity index (χ0v) is 20.6. The van der Waals surface area contributed by atoms with Gasteiger partial charge in [-0.25, -0.2) is 8.42 Å². The Morgan fingerprint density at radius 2 is 1.59 bits per heavy atom. The van der Waals surface area contributed by atoms with Gasteiger partial charge in [0.1, 0.15) is 5.76 Å². The Labute approximate surface area is 201 Å². The van der Waals surface area contributed by atoms with Gasteiger partial charge in [0.05, 0.1) is 24.2 Å². The maximum Gasteiger partial charge on any atom is 0.243 e. The van der Waals surface area contributed by atoms with E-state index in [1.54, 1.807) is 6.26 Å². The van der Waals surface area contributed by atoms with Crippen LogP contribution in [0.15, 0.2) is 52.0 Å². The van der Waals surface area contributed by atoms with Crippen molar-refractivity contribution in [3.05, 3.63) is 54.0 Å². The Kier molecular flexibility index (Phi) is 5.92. The van der Waals surface area contributed by atoms with Crippen molar-refractivity contribution in [2.24, 2.45) is 17.8 Å². The van der Waals surface area contributed by atoms with Crippen LogP contribution in [0.4, 0.5) is 0 Å². The van der Waals surface area contributed by atoms with Crippen molar-refractivity contribution < 1.29 is 22.4 Å². The van der Waals surface area contributed by atoms with Gasteiger partial charge >= 0.3 is 0 Å². The lowest BCUT2D eigenvalue weighted by Crippen LogP contribution is -2.62. The molecule has 1 heterocycles. The van der Waals surface area contributed by atoms with Crippen molar-refractivity contribution in [1.82, 2.24) is 9.21 Å². The highest BCUT2D eigenvalue weighted by molar-refractivity contribution is 7.89. The Hall–Kier alpha value is -2.45. The third kappa shape index (κ3) is 4.22. The molecule has 8 heteroatoms. The van der Waals surface area contributed by atoms with Gasteiger partial charge in [-0.3, -0.25) is 9.59 Å². The van der Waals surface area contributed by atoms with Crippen molar-refractivity contribution in [3.63, 3.8) is 0 Å². The van der Waals surface area contributed by atoms with Crippen LogP contribution in [0.2, 0.25) is 0 Å². The Morgan fingerprint density at radius 1 is 1.00 bits per heavy atom. The van der Waals surface area contributed by atoms with Gasteiger partial charge in [0, 0.05) is 18.2 Å². The molecule has 4 aliphatic carbocycles. The van der Waals surface area contributed by atoms with Crippen LogP contribution in [0, 0.1) is 17.8 Å². The van der Waals surface area contributed by atoms with Crippen molar-refractivity contribution in [2.75, 3.05) is 13.6 Å². The number of carbonyl (C=O) groups excluding carboxylic acids is 2. The van der Waals surface area contributed by atoms with Crippen molar-refractivity contribution in [1.29, 1.82) is 0 Å². The third-order valence-corrected chi connectivity index (χ3v) is 9.92. The smallest absolute Gasteiger partial charge is 0.243 e. The fourth-order valence-electron chi connectivity index (χ4n) is 6.88. The monoisotopic (exact) mass is 484 g/mol. The van der Waals surface area contributed by atoms with Gasteiger partial charge < -0.3 is 9.32 Å². The minimum atomic E-state index is -3.88. The van der Waals surface area contributed by atoms with Crippen LogP contribution in [0.5, 0.6) is 0 Å². The molecule has 0 saturated heterocycles. The fourth-order valence-corrected chi connectivity index (χ4v) is 8.00. The summed E-state index contributed by atoms with van der Waals surface area (Å²) in [5.41, 5.74) is 0.232. The summed E-state index contributed by atoms with van der Waals surface area (Å²) in [5, 5.41) is 0. The van der Waals surface area contributed by atoms with Gasteiger partial charge in [-0.1, -0.05) is 12.1 Å². The number of benzene rings is 1. The Morgan fingerprint density at radius 3 is 2.09 bits per heavy atom. The minimum Gasteiger partial charge on any atom is -0.467 e. The standard InChI is InChI=1S/C26H32N2O5S/c1-18(29)22-5-7-24(8-6-22)34(31,32)27(2)17-25(30)28(16-23-4-3-9-33-23)26-13-19-10-20(14-26)12-21(11-19)15-26/h3-9,19-21H,10-17H2,1-2H3. The number of sulfonamides is 1. The molecule has 0 N–H and O–H groups in total. The van der Waals surface area contributed by atoms with Crippen LogP contribution in [0.1, 0.15) is 61.6 Å². The van der Waals surface area contributed by atoms with Gasteiger partial charge in [-0.05, 0) is 87.5 Å². The van der Waals surface area contributed by atoms with E-state index < -0.39 is 10.0 Å². The highest BCUT2D eigenvalue weighted by atomic mass is 32.2. The van der Waals surface area contributed by atoms with Gasteiger partial charge in [0.15, 0.2) is 5.78 Å². The highest BCUT2D eigenvalue weighted by Gasteiger charge is 2.54. The van der Waals surface area contributed by atoms with E-state index >= 15 is 0 Å². The first kappa shape index (κ1) is 23.3. The molecule has 1 amide bonds. The topological polar surface area (TPSA) is 87.9 Å². The molecule has 4 saturated carbocycles. The largest absolute Gasteiger partial charge is 0.467 e. The molecule has 4 fully saturated rings. The molecule has 0 aliphatic heterocycles. The quantitative estimate of drug-likeness (QED) is 0.527. The van der Waals surface area contributed by atoms with E-state index in [9.17, 15) is 18.0 Å². The number of rotatable bonds is 8. The summed E-state index contributed by atoms with van der Waals surface area (Å²) in [7, 11) is -2.44. The highest BCUT2D eigenvalue weighted by Crippen LogP contribution is 2.58. The van der Waals surface area contributed by atoms with Crippen LogP contribution in [0.3, 0.4) is 0 Å². The molecule has 2 aromatic rings. The maximum absolute atomic E-state index is 13.8. The summed E-state index contributed by atoms with van der Waals surface area (Å²) in [6.07, 6.45) is 8.36. The Bertz CT molecular complexity index is 1130. The third-order valence-electron chi connectivity index (χ3n) is 8.10. The number of amides is 1. The van der Waals surface area contributed by atoms with E-state index in [1.165, 1.54) is 57.5 Å². The molecule has 4 aliphatic rings. The normalized spacial score (nSPS) is 27.8. The summed E-state index contributed by atoms with van der Waals surface area (Å²) in [6.45, 7) is 1.56. The summed E-state index contributed by atoms with van der Waals surface area (Å²) in [5.74, 6) is 2.36. The van der Waals surface area contributed by atoms with E-state index in [-0.39, 0.29) is 28.7 Å². The lowest BCUT2D eigenvalue weighted by atomic mass is 9.52. The molecule has 182 valence electrons. The van der Waals surface area contributed by atoms with Crippen LogP contribution in [0.25, 0.3) is 0 Å². The lowest BCUT2D eigenvalue weighted by Gasteiger charge is -2.60. The summed E-state index contributed by atoms with van der Waals surface area (Å²) in [4.78, 5) is 27.3. The first-order valence-corrected chi connectivity index (χ1v) is 13.5. The number of hydrogen-bond acceptors (Lipinski definition) is 5. The number of hydrogen-bond donors (Lipinski definition) is 0. The number of nitrogens with zero attached hydrogens (tertiary/aromatic N) is 2. The molecule has 0 spiro atoms. The Balaban J connectivity index is 1.39. The molecule has 7 nitrogen and oxygen atoms in total. The van der Waals surface area contributed by atoms with Crippen molar-refractivity contribution in [2.45, 2.75) is 62.4 Å². The average molecular weight is 485 g/mol. The van der Waals surface area contributed by atoms with E-state index in [1.807, 2.05) is 17.0 Å². The zero-order chi connectivity index (χ0) is 24.1. The fraction of sp³-hybridized carbons (Fsp3) is 0.538. The molecule has 0 atom stereocenters. The van der Waals surface area contributed by atoms with Gasteiger partial charge in [0.25, 0.3) is 0 Å². The minimum absolute atomic E-state index is 0.0696. The van der Waals surface area contributed by atoms with E-state index in [0.717, 1.165) is 29.3 Å². The zero-order valence-electron chi connectivity index (χ0n) is 19.8. The molecular weight excluding hydrogens is 452 g/mol. The molecule has 1 aromatic heterocycles. The van der Waals surface area contributed by atoms with Crippen LogP contribution >= 0.6 is 0 Å². The maximum atomic E-state index is 13.8. The summed E-state index contributed by atoms with van der Waals surface area (Å²) < 4.78 is 33.1. The molecule has 1 aromatic carbocycles. The first-order chi connectivity index (χ1) is 16.2. The molecule has 0 radical (unpaired) electrons. The molecule has 6 rings (SSSR count). The predicted octanol–water partition coefficient (Wildman–Crippen LogP) is 4.10. The molecule has 0 unspecified atom stereocenters. The number of furan rings is 1. The van der Waals surface area contributed by atoms with Gasteiger partial charge in [-0.2, -0.15) is 4.31 Å². The summed E-state index contributed by atoms with van der Waals surface area (Å²) in [6, 6.07) is 9.54. The first-order valence-electron chi connectivity index (χ1n) is 12.1. The molecule has 4 bridgehead atoms. The van der Waals surface area contributed by atoms with E-state index in [2.05, 4.69) is 0 Å². The number of likely N-dealkylation sites (N-methyl/N-ethyl adjacent to an activating group) is 1.